The molecule has 312 valence electrons. The van der Waals surface area contributed by atoms with Crippen molar-refractivity contribution in [2.75, 3.05) is 6.61 Å². The van der Waals surface area contributed by atoms with E-state index >= 15 is 0 Å². The van der Waals surface area contributed by atoms with Crippen molar-refractivity contribution in [1.29, 1.82) is 0 Å². The van der Waals surface area contributed by atoms with E-state index in [-0.39, 0.29) is 12.5 Å². The van der Waals surface area contributed by atoms with Gasteiger partial charge in [0.1, 0.15) is 0 Å². The van der Waals surface area contributed by atoms with Crippen LogP contribution < -0.4 is 5.32 Å². The predicted octanol–water partition coefficient (Wildman–Crippen LogP) is 15.0. The Morgan fingerprint density at radius 1 is 0.434 bits per heavy atom. The van der Waals surface area contributed by atoms with E-state index in [1.54, 1.807) is 6.08 Å². The monoisotopic (exact) mass is 744 g/mol. The van der Waals surface area contributed by atoms with E-state index < -0.39 is 12.1 Å². The fourth-order valence-corrected chi connectivity index (χ4v) is 7.19. The molecule has 0 aliphatic carbocycles. The molecule has 0 aromatic carbocycles. The number of amides is 1. The molecule has 0 aromatic heterocycles. The smallest absolute Gasteiger partial charge is 0.220 e. The minimum Gasteiger partial charge on any atom is -0.394 e. The lowest BCUT2D eigenvalue weighted by Crippen LogP contribution is -2.45. The average molecular weight is 744 g/mol. The van der Waals surface area contributed by atoms with E-state index in [9.17, 15) is 15.0 Å². The first-order valence-corrected chi connectivity index (χ1v) is 23.7. The molecular formula is C49H93NO3. The van der Waals surface area contributed by atoms with Crippen molar-refractivity contribution in [2.24, 2.45) is 0 Å². The van der Waals surface area contributed by atoms with Gasteiger partial charge in [0.2, 0.25) is 5.91 Å². The predicted molar refractivity (Wildman–Crippen MR) is 235 cm³/mol. The number of hydrogen-bond donors (Lipinski definition) is 3. The van der Waals surface area contributed by atoms with Crippen LogP contribution in [0.5, 0.6) is 0 Å². The molecule has 0 saturated carbocycles. The maximum atomic E-state index is 12.4. The average Bonchev–Trinajstić information content (AvgIpc) is 3.16. The Balaban J connectivity index is 3.59. The Labute approximate surface area is 331 Å². The van der Waals surface area contributed by atoms with Crippen LogP contribution in [0.25, 0.3) is 0 Å². The third kappa shape index (κ3) is 41.6. The van der Waals surface area contributed by atoms with Gasteiger partial charge in [-0.25, -0.2) is 0 Å². The van der Waals surface area contributed by atoms with E-state index in [1.807, 2.05) is 6.08 Å². The Bertz CT molecular complexity index is 806. The van der Waals surface area contributed by atoms with Crippen LogP contribution in [0, 0.1) is 0 Å². The maximum absolute atomic E-state index is 12.4. The van der Waals surface area contributed by atoms with Crippen LogP contribution in [-0.2, 0) is 4.79 Å². The molecule has 0 rings (SSSR count). The quantitative estimate of drug-likeness (QED) is 0.0430. The molecule has 53 heavy (non-hydrogen) atoms. The third-order valence-electron chi connectivity index (χ3n) is 10.8. The molecule has 0 aliphatic rings. The summed E-state index contributed by atoms with van der Waals surface area (Å²) in [4.78, 5) is 12.4. The molecule has 0 aromatic rings. The molecule has 0 radical (unpaired) electrons. The Hall–Kier alpha value is -1.39. The molecule has 0 spiro atoms. The van der Waals surface area contributed by atoms with Crippen LogP contribution in [0.4, 0.5) is 0 Å². The molecule has 2 unspecified atom stereocenters. The molecule has 1 amide bonds. The molecule has 2 atom stereocenters. The van der Waals surface area contributed by atoms with Gasteiger partial charge in [-0.05, 0) is 57.8 Å². The lowest BCUT2D eigenvalue weighted by molar-refractivity contribution is -0.123. The number of rotatable bonds is 43. The van der Waals surface area contributed by atoms with Gasteiger partial charge in [-0.3, -0.25) is 4.79 Å². The summed E-state index contributed by atoms with van der Waals surface area (Å²) in [6.07, 6.45) is 59.8. The number of unbranched alkanes of at least 4 members (excludes halogenated alkanes) is 32. The van der Waals surface area contributed by atoms with Crippen molar-refractivity contribution >= 4 is 5.91 Å². The van der Waals surface area contributed by atoms with Crippen molar-refractivity contribution in [2.45, 2.75) is 264 Å². The first-order chi connectivity index (χ1) is 26.2. The molecule has 4 heteroatoms. The standard InChI is InChI=1S/C49H93NO3/c1-3-5-7-9-11-13-15-17-19-21-23-24-25-27-28-30-32-34-36-38-40-42-44-48(52)47(46-51)50-49(53)45-43-41-39-37-35-33-31-29-26-22-20-18-16-14-12-10-8-6-4-2/h22,26,34,36,42,44,47-48,51-52H,3-21,23-25,27-33,35,37-41,43,45-46H2,1-2H3,(H,50,53)/b26-22-,36-34+,44-42+. The van der Waals surface area contributed by atoms with Crippen LogP contribution in [0.15, 0.2) is 36.5 Å². The van der Waals surface area contributed by atoms with E-state index in [0.717, 1.165) is 32.1 Å². The highest BCUT2D eigenvalue weighted by molar-refractivity contribution is 5.76. The highest BCUT2D eigenvalue weighted by Gasteiger charge is 2.17. The number of carbonyl (C=O) groups excluding carboxylic acids is 1. The molecule has 0 saturated heterocycles. The summed E-state index contributed by atoms with van der Waals surface area (Å²) >= 11 is 0. The Morgan fingerprint density at radius 2 is 0.736 bits per heavy atom. The second-order valence-electron chi connectivity index (χ2n) is 16.2. The second-order valence-corrected chi connectivity index (χ2v) is 16.2. The minimum absolute atomic E-state index is 0.0766. The van der Waals surface area contributed by atoms with Gasteiger partial charge in [0.15, 0.2) is 0 Å². The van der Waals surface area contributed by atoms with Crippen molar-refractivity contribution in [3.8, 4) is 0 Å². The molecule has 0 fully saturated rings. The van der Waals surface area contributed by atoms with Crippen LogP contribution >= 0.6 is 0 Å². The van der Waals surface area contributed by atoms with Crippen LogP contribution in [0.1, 0.15) is 251 Å². The SMILES string of the molecule is CCCCCCCCCC/C=C\CCCCCCCCCC(=O)NC(CO)C(O)/C=C/CC/C=C/CCCCCCCCCCCCCCCCCC. The second kappa shape index (κ2) is 45.0. The van der Waals surface area contributed by atoms with E-state index in [0.29, 0.717) is 6.42 Å². The highest BCUT2D eigenvalue weighted by atomic mass is 16.3. The van der Waals surface area contributed by atoms with E-state index in [2.05, 4.69) is 43.5 Å². The van der Waals surface area contributed by atoms with Crippen molar-refractivity contribution < 1.29 is 15.0 Å². The van der Waals surface area contributed by atoms with E-state index in [4.69, 9.17) is 0 Å². The maximum Gasteiger partial charge on any atom is 0.220 e. The minimum atomic E-state index is -0.863. The van der Waals surface area contributed by atoms with Gasteiger partial charge in [-0.2, -0.15) is 0 Å². The van der Waals surface area contributed by atoms with Gasteiger partial charge in [-0.1, -0.05) is 224 Å². The first kappa shape index (κ1) is 51.6. The van der Waals surface area contributed by atoms with Gasteiger partial charge < -0.3 is 15.5 Å². The summed E-state index contributed by atoms with van der Waals surface area (Å²) in [5.41, 5.74) is 0. The van der Waals surface area contributed by atoms with Gasteiger partial charge in [0, 0.05) is 6.42 Å². The zero-order chi connectivity index (χ0) is 38.6. The lowest BCUT2D eigenvalue weighted by atomic mass is 10.0. The normalized spacial score (nSPS) is 13.2. The number of aliphatic hydroxyl groups excluding tert-OH is 2. The number of nitrogens with one attached hydrogen (secondary N) is 1. The summed E-state index contributed by atoms with van der Waals surface area (Å²) < 4.78 is 0. The Morgan fingerprint density at radius 3 is 1.09 bits per heavy atom. The van der Waals surface area contributed by atoms with Gasteiger partial charge in [0.05, 0.1) is 18.8 Å². The number of hydrogen-bond acceptors (Lipinski definition) is 3. The molecule has 3 N–H and O–H groups in total. The summed E-state index contributed by atoms with van der Waals surface area (Å²) in [7, 11) is 0. The van der Waals surface area contributed by atoms with E-state index in [1.165, 1.54) is 199 Å². The molecule has 4 nitrogen and oxygen atoms in total. The van der Waals surface area contributed by atoms with Gasteiger partial charge >= 0.3 is 0 Å². The lowest BCUT2D eigenvalue weighted by Gasteiger charge is -2.19. The van der Waals surface area contributed by atoms with Crippen molar-refractivity contribution in [1.82, 2.24) is 5.32 Å². The molecule has 0 heterocycles. The largest absolute Gasteiger partial charge is 0.394 e. The number of allylic oxidation sites excluding steroid dienone is 5. The fraction of sp³-hybridized carbons (Fsp3) is 0.857. The summed E-state index contributed by atoms with van der Waals surface area (Å²) in [6, 6.07) is -0.640. The number of aliphatic hydroxyl groups is 2. The summed E-state index contributed by atoms with van der Waals surface area (Å²) in [5.74, 6) is -0.0766. The molecular weight excluding hydrogens is 651 g/mol. The van der Waals surface area contributed by atoms with Gasteiger partial charge in [0.25, 0.3) is 0 Å². The van der Waals surface area contributed by atoms with Crippen LogP contribution in [0.3, 0.4) is 0 Å². The number of carbonyl (C=O) groups is 1. The van der Waals surface area contributed by atoms with Crippen LogP contribution in [-0.4, -0.2) is 34.9 Å². The van der Waals surface area contributed by atoms with Crippen molar-refractivity contribution in [3.05, 3.63) is 36.5 Å². The topological polar surface area (TPSA) is 69.6 Å². The fourth-order valence-electron chi connectivity index (χ4n) is 7.19. The zero-order valence-corrected chi connectivity index (χ0v) is 35.8. The Kier molecular flexibility index (Phi) is 43.8. The summed E-state index contributed by atoms with van der Waals surface area (Å²) in [5, 5.41) is 23.0. The first-order valence-electron chi connectivity index (χ1n) is 23.7. The highest BCUT2D eigenvalue weighted by Crippen LogP contribution is 2.15. The third-order valence-corrected chi connectivity index (χ3v) is 10.8. The molecule has 0 aliphatic heterocycles. The van der Waals surface area contributed by atoms with Gasteiger partial charge in [-0.15, -0.1) is 0 Å². The molecule has 0 bridgehead atoms. The van der Waals surface area contributed by atoms with Crippen molar-refractivity contribution in [3.63, 3.8) is 0 Å². The van der Waals surface area contributed by atoms with Crippen LogP contribution in [0.2, 0.25) is 0 Å². The summed E-state index contributed by atoms with van der Waals surface area (Å²) in [6.45, 7) is 4.31. The zero-order valence-electron chi connectivity index (χ0n) is 35.8.